The molecule has 4 rings (SSSR count). The van der Waals surface area contributed by atoms with Gasteiger partial charge in [-0.1, -0.05) is 0 Å². The average Bonchev–Trinajstić information content (AvgIpc) is 2.91. The van der Waals surface area contributed by atoms with Gasteiger partial charge >= 0.3 is 0 Å². The quantitative estimate of drug-likeness (QED) is 0.209. The molecule has 12 heteroatoms. The molecule has 0 aliphatic carbocycles. The van der Waals surface area contributed by atoms with E-state index in [4.69, 9.17) is 14.5 Å². The molecular weight excluding hydrogens is 444 g/mol. The van der Waals surface area contributed by atoms with Crippen molar-refractivity contribution in [2.24, 2.45) is 0 Å². The van der Waals surface area contributed by atoms with E-state index in [0.29, 0.717) is 0 Å². The molecule has 1 saturated heterocycles. The summed E-state index contributed by atoms with van der Waals surface area (Å²) in [6, 6.07) is 5.17. The van der Waals surface area contributed by atoms with Gasteiger partial charge in [-0.2, -0.15) is 0 Å². The molecule has 1 fully saturated rings. The zero-order valence-electron chi connectivity index (χ0n) is 16.7. The van der Waals surface area contributed by atoms with Crippen molar-refractivity contribution in [2.45, 2.75) is 30.5 Å². The molecule has 12 nitrogen and oxygen atoms in total. The van der Waals surface area contributed by atoms with Gasteiger partial charge in [0.25, 0.3) is 0 Å². The fraction of sp³-hybridized carbons (Fsp3) is 0.286. The molecule has 2 aromatic carbocycles. The summed E-state index contributed by atoms with van der Waals surface area (Å²) < 4.78 is 5.51. The number of aromatic hydroxyl groups is 4. The lowest BCUT2D eigenvalue weighted by Crippen LogP contribution is -2.59. The fourth-order valence-electron chi connectivity index (χ4n) is 3.72. The Balaban J connectivity index is 1.94. The highest BCUT2D eigenvalue weighted by Crippen LogP contribution is 2.43. The number of phenolic OH excluding ortho intramolecular Hbond substituents is 4. The number of ketones is 1. The minimum atomic E-state index is -1.90. The van der Waals surface area contributed by atoms with E-state index in [2.05, 4.69) is 0 Å². The van der Waals surface area contributed by atoms with E-state index in [0.717, 1.165) is 24.3 Å². The van der Waals surface area contributed by atoms with Gasteiger partial charge in [-0.15, -0.1) is 0 Å². The van der Waals surface area contributed by atoms with Crippen LogP contribution in [0.5, 0.6) is 28.7 Å². The molecule has 2 aliphatic heterocycles. The van der Waals surface area contributed by atoms with E-state index in [9.17, 15) is 45.6 Å². The standard InChI is InChI=1S/C21H20O12/c22-6-13-16(27)18(29)19(30)21(31-13)15-17(28)14-11(26)4-8(23)5-12(14)32-33-20(15)7-1-2-9(24)10(25)3-7/h1-5,13,16,18-19,21-27,29-30H,6H2. The van der Waals surface area contributed by atoms with Gasteiger partial charge in [0.2, 0.25) is 5.78 Å². The number of carbonyl (C=O) groups excluding carboxylic acids is 1. The van der Waals surface area contributed by atoms with Crippen LogP contribution in [-0.2, 0) is 9.62 Å². The molecule has 0 bridgehead atoms. The average molecular weight is 464 g/mol. The Kier molecular flexibility index (Phi) is 5.78. The highest BCUT2D eigenvalue weighted by atomic mass is 17.2. The maximum Gasteiger partial charge on any atom is 0.203 e. The van der Waals surface area contributed by atoms with Crippen LogP contribution in [0.1, 0.15) is 15.9 Å². The number of hydrogen-bond acceptors (Lipinski definition) is 12. The summed E-state index contributed by atoms with van der Waals surface area (Å²) in [5.74, 6) is -4.07. The van der Waals surface area contributed by atoms with Crippen LogP contribution >= 0.6 is 0 Å². The molecule has 0 spiro atoms. The predicted octanol–water partition coefficient (Wildman–Crippen LogP) is -0.731. The van der Waals surface area contributed by atoms with E-state index >= 15 is 0 Å². The monoisotopic (exact) mass is 464 g/mol. The maximum absolute atomic E-state index is 13.6. The summed E-state index contributed by atoms with van der Waals surface area (Å²) >= 11 is 0. The number of aliphatic hydroxyl groups excluding tert-OH is 4. The minimum Gasteiger partial charge on any atom is -0.508 e. The second kappa shape index (κ2) is 8.42. The predicted molar refractivity (Wildman–Crippen MR) is 106 cm³/mol. The van der Waals surface area contributed by atoms with E-state index in [1.54, 1.807) is 0 Å². The van der Waals surface area contributed by atoms with Crippen molar-refractivity contribution in [1.82, 2.24) is 0 Å². The van der Waals surface area contributed by atoms with Crippen LogP contribution in [-0.4, -0.2) is 83.8 Å². The normalized spacial score (nSPS) is 27.4. The molecule has 0 radical (unpaired) electrons. The van der Waals surface area contributed by atoms with Crippen LogP contribution in [0, 0.1) is 0 Å². The third kappa shape index (κ3) is 3.79. The van der Waals surface area contributed by atoms with Crippen molar-refractivity contribution in [1.29, 1.82) is 0 Å². The van der Waals surface area contributed by atoms with Gasteiger partial charge in [-0.05, 0) is 18.2 Å². The lowest BCUT2D eigenvalue weighted by atomic mass is 9.86. The molecule has 5 unspecified atom stereocenters. The largest absolute Gasteiger partial charge is 0.508 e. The first-order chi connectivity index (χ1) is 15.6. The van der Waals surface area contributed by atoms with Gasteiger partial charge in [-0.25, -0.2) is 0 Å². The lowest BCUT2D eigenvalue weighted by molar-refractivity contribution is -0.219. The molecule has 33 heavy (non-hydrogen) atoms. The summed E-state index contributed by atoms with van der Waals surface area (Å²) in [4.78, 5) is 24.0. The number of Topliss-reactive ketones (excluding diaryl/α,β-unsaturated/α-hetero) is 1. The van der Waals surface area contributed by atoms with Gasteiger partial charge < -0.3 is 45.6 Å². The van der Waals surface area contributed by atoms with E-state index < -0.39 is 88.6 Å². The fourth-order valence-corrected chi connectivity index (χ4v) is 3.72. The first-order valence-electron chi connectivity index (χ1n) is 9.66. The number of aliphatic hydroxyl groups is 4. The van der Waals surface area contributed by atoms with Gasteiger partial charge in [0.1, 0.15) is 47.6 Å². The molecular formula is C21H20O12. The Bertz CT molecular complexity index is 1120. The molecule has 2 heterocycles. The van der Waals surface area contributed by atoms with Gasteiger partial charge in [0.05, 0.1) is 12.2 Å². The Hall–Kier alpha value is -3.55. The van der Waals surface area contributed by atoms with E-state index in [1.165, 1.54) is 6.07 Å². The second-order valence-electron chi connectivity index (χ2n) is 7.53. The SMILES string of the molecule is O=C1C(C2OC(CO)C(O)C(O)C2O)=C(c2ccc(O)c(O)c2)OOc2cc(O)cc(O)c21. The molecule has 0 saturated carbocycles. The van der Waals surface area contributed by atoms with Crippen molar-refractivity contribution in [2.75, 3.05) is 6.61 Å². The van der Waals surface area contributed by atoms with Crippen molar-refractivity contribution < 1.29 is 60.2 Å². The number of carbonyl (C=O) groups is 1. The van der Waals surface area contributed by atoms with Gasteiger partial charge in [0.15, 0.2) is 23.0 Å². The third-order valence-corrected chi connectivity index (χ3v) is 5.41. The number of phenols is 4. The number of ether oxygens (including phenoxy) is 1. The third-order valence-electron chi connectivity index (χ3n) is 5.41. The Labute approximate surface area is 185 Å². The van der Waals surface area contributed by atoms with Crippen LogP contribution in [0.3, 0.4) is 0 Å². The number of fused-ring (bicyclic) bond motifs is 1. The first kappa shape index (κ1) is 22.6. The lowest BCUT2D eigenvalue weighted by Gasteiger charge is -2.40. The maximum atomic E-state index is 13.6. The van der Waals surface area contributed by atoms with Crippen molar-refractivity contribution in [3.8, 4) is 28.7 Å². The van der Waals surface area contributed by atoms with Gasteiger partial charge in [-0.3, -0.25) is 14.6 Å². The highest BCUT2D eigenvalue weighted by Gasteiger charge is 2.49. The molecule has 176 valence electrons. The zero-order chi connectivity index (χ0) is 24.0. The molecule has 0 amide bonds. The summed E-state index contributed by atoms with van der Waals surface area (Å²) in [6.45, 7) is -0.773. The first-order valence-corrected chi connectivity index (χ1v) is 9.66. The van der Waals surface area contributed by atoms with Crippen molar-refractivity contribution >= 4 is 11.5 Å². The summed E-state index contributed by atoms with van der Waals surface area (Å²) in [5.41, 5.74) is -1.02. The van der Waals surface area contributed by atoms with Crippen LogP contribution in [0.15, 0.2) is 35.9 Å². The zero-order valence-corrected chi connectivity index (χ0v) is 16.7. The van der Waals surface area contributed by atoms with Crippen LogP contribution in [0.25, 0.3) is 5.76 Å². The molecule has 5 atom stereocenters. The topological polar surface area (TPSA) is 207 Å². The Morgan fingerprint density at radius 1 is 0.818 bits per heavy atom. The Morgan fingerprint density at radius 3 is 2.21 bits per heavy atom. The highest BCUT2D eigenvalue weighted by molar-refractivity contribution is 6.16. The van der Waals surface area contributed by atoms with Crippen LogP contribution < -0.4 is 4.89 Å². The second-order valence-corrected chi connectivity index (χ2v) is 7.53. The molecule has 2 aliphatic rings. The smallest absolute Gasteiger partial charge is 0.203 e. The summed E-state index contributed by atoms with van der Waals surface area (Å²) in [6.07, 6.45) is -8.53. The van der Waals surface area contributed by atoms with Crippen LogP contribution in [0.2, 0.25) is 0 Å². The molecule has 0 aromatic heterocycles. The van der Waals surface area contributed by atoms with Gasteiger partial charge in [0, 0.05) is 17.7 Å². The summed E-state index contributed by atoms with van der Waals surface area (Å²) in [5, 5.41) is 80.1. The molecule has 2 aromatic rings. The van der Waals surface area contributed by atoms with Crippen molar-refractivity contribution in [3.63, 3.8) is 0 Å². The van der Waals surface area contributed by atoms with Crippen LogP contribution in [0.4, 0.5) is 0 Å². The van der Waals surface area contributed by atoms with Crippen molar-refractivity contribution in [3.05, 3.63) is 47.0 Å². The Morgan fingerprint density at radius 2 is 1.55 bits per heavy atom. The minimum absolute atomic E-state index is 0.0397. The van der Waals surface area contributed by atoms with E-state index in [-0.39, 0.29) is 5.56 Å². The number of hydrogen-bond donors (Lipinski definition) is 8. The number of benzene rings is 2. The number of rotatable bonds is 3. The molecule has 8 N–H and O–H groups in total. The summed E-state index contributed by atoms with van der Waals surface area (Å²) in [7, 11) is 0. The van der Waals surface area contributed by atoms with E-state index in [1.807, 2.05) is 0 Å².